The standard InChI is InChI=1S/C13H14N6O4/c14-11-15-12(18-7(20)3-1-4-8(18)21)17-13(16-11)19-9(22)5-2-6-10(19)23/h1-6H2,(H2,14,15,16,17). The summed E-state index contributed by atoms with van der Waals surface area (Å²) in [5.74, 6) is -2.59. The van der Waals surface area contributed by atoms with Gasteiger partial charge in [-0.2, -0.15) is 15.0 Å². The Morgan fingerprint density at radius 2 is 1.00 bits per heavy atom. The van der Waals surface area contributed by atoms with Crippen LogP contribution in [0.4, 0.5) is 17.8 Å². The van der Waals surface area contributed by atoms with E-state index < -0.39 is 23.6 Å². The first kappa shape index (κ1) is 15.0. The molecule has 2 aliphatic heterocycles. The molecule has 10 nitrogen and oxygen atoms in total. The molecule has 1 aromatic heterocycles. The molecular weight excluding hydrogens is 304 g/mol. The summed E-state index contributed by atoms with van der Waals surface area (Å²) in [6.07, 6.45) is 1.68. The number of nitrogens with two attached hydrogens (primary N) is 1. The van der Waals surface area contributed by atoms with Crippen molar-refractivity contribution in [3.63, 3.8) is 0 Å². The van der Waals surface area contributed by atoms with E-state index in [0.717, 1.165) is 9.80 Å². The summed E-state index contributed by atoms with van der Waals surface area (Å²) >= 11 is 0. The smallest absolute Gasteiger partial charge is 0.245 e. The Morgan fingerprint density at radius 1 is 0.652 bits per heavy atom. The topological polar surface area (TPSA) is 139 Å². The third-order valence-electron chi connectivity index (χ3n) is 3.59. The van der Waals surface area contributed by atoms with Crippen molar-refractivity contribution in [1.82, 2.24) is 15.0 Å². The summed E-state index contributed by atoms with van der Waals surface area (Å²) in [6.45, 7) is 0. The summed E-state index contributed by atoms with van der Waals surface area (Å²) in [7, 11) is 0. The lowest BCUT2D eigenvalue weighted by Gasteiger charge is -2.26. The quantitative estimate of drug-likeness (QED) is 0.722. The van der Waals surface area contributed by atoms with E-state index in [1.54, 1.807) is 0 Å². The summed E-state index contributed by atoms with van der Waals surface area (Å²) in [6, 6.07) is 0. The van der Waals surface area contributed by atoms with Gasteiger partial charge >= 0.3 is 0 Å². The Morgan fingerprint density at radius 3 is 1.35 bits per heavy atom. The van der Waals surface area contributed by atoms with E-state index >= 15 is 0 Å². The number of rotatable bonds is 2. The fraction of sp³-hybridized carbons (Fsp3) is 0.462. The van der Waals surface area contributed by atoms with Crippen LogP contribution < -0.4 is 15.5 Å². The molecule has 2 N–H and O–H groups in total. The van der Waals surface area contributed by atoms with Crippen LogP contribution >= 0.6 is 0 Å². The van der Waals surface area contributed by atoms with Crippen LogP contribution in [0.3, 0.4) is 0 Å². The molecular formula is C13H14N6O4. The Labute approximate surface area is 130 Å². The molecule has 3 rings (SSSR count). The minimum atomic E-state index is -0.450. The number of nitrogens with zero attached hydrogens (tertiary/aromatic N) is 5. The minimum absolute atomic E-state index is 0.189. The summed E-state index contributed by atoms with van der Waals surface area (Å²) in [5.41, 5.74) is 5.59. The van der Waals surface area contributed by atoms with Gasteiger partial charge in [0.15, 0.2) is 0 Å². The second-order valence-corrected chi connectivity index (χ2v) is 5.25. The number of hydrogen-bond acceptors (Lipinski definition) is 8. The Hall–Kier alpha value is -2.91. The molecule has 23 heavy (non-hydrogen) atoms. The number of anilines is 3. The van der Waals surface area contributed by atoms with Crippen molar-refractivity contribution >= 4 is 41.5 Å². The highest BCUT2D eigenvalue weighted by atomic mass is 16.2. The zero-order chi connectivity index (χ0) is 16.6. The van der Waals surface area contributed by atoms with E-state index in [1.807, 2.05) is 0 Å². The lowest BCUT2D eigenvalue weighted by atomic mass is 10.1. The van der Waals surface area contributed by atoms with E-state index in [1.165, 1.54) is 0 Å². The van der Waals surface area contributed by atoms with Gasteiger partial charge in [0.05, 0.1) is 0 Å². The molecule has 0 saturated carbocycles. The molecule has 120 valence electrons. The van der Waals surface area contributed by atoms with Crippen LogP contribution in [-0.2, 0) is 19.2 Å². The number of carbonyl (C=O) groups excluding carboxylic acids is 4. The first-order chi connectivity index (χ1) is 11.0. The molecule has 10 heteroatoms. The van der Waals surface area contributed by atoms with Gasteiger partial charge in [-0.3, -0.25) is 19.2 Å². The second-order valence-electron chi connectivity index (χ2n) is 5.25. The zero-order valence-corrected chi connectivity index (χ0v) is 12.2. The first-order valence-electron chi connectivity index (χ1n) is 7.20. The number of piperidine rings is 2. The fourth-order valence-corrected chi connectivity index (χ4v) is 2.52. The van der Waals surface area contributed by atoms with Crippen molar-refractivity contribution in [3.8, 4) is 0 Å². The molecule has 2 fully saturated rings. The van der Waals surface area contributed by atoms with Gasteiger partial charge in [-0.05, 0) is 12.8 Å². The van der Waals surface area contributed by atoms with Crippen LogP contribution in [0.1, 0.15) is 38.5 Å². The maximum absolute atomic E-state index is 11.9. The highest BCUT2D eigenvalue weighted by Crippen LogP contribution is 2.23. The van der Waals surface area contributed by atoms with Gasteiger partial charge in [0.25, 0.3) is 0 Å². The monoisotopic (exact) mass is 318 g/mol. The number of amides is 4. The SMILES string of the molecule is Nc1nc(N2C(=O)CCCC2=O)nc(N2C(=O)CCCC2=O)n1. The lowest BCUT2D eigenvalue weighted by molar-refractivity contribution is -0.130. The van der Waals surface area contributed by atoms with E-state index in [2.05, 4.69) is 15.0 Å². The summed E-state index contributed by atoms with van der Waals surface area (Å²) in [5, 5.41) is 0. The molecule has 0 unspecified atom stereocenters. The molecule has 0 spiro atoms. The number of hydrogen-bond donors (Lipinski definition) is 1. The average molecular weight is 318 g/mol. The molecule has 0 aliphatic carbocycles. The Kier molecular flexibility index (Phi) is 3.72. The third kappa shape index (κ3) is 2.74. The maximum Gasteiger partial charge on any atom is 0.245 e. The molecule has 3 heterocycles. The van der Waals surface area contributed by atoms with Crippen molar-refractivity contribution in [2.24, 2.45) is 0 Å². The molecule has 0 radical (unpaired) electrons. The lowest BCUT2D eigenvalue weighted by Crippen LogP contribution is -2.44. The van der Waals surface area contributed by atoms with Gasteiger partial charge in [0.2, 0.25) is 41.5 Å². The Balaban J connectivity index is 2.02. The molecule has 0 bridgehead atoms. The van der Waals surface area contributed by atoms with Crippen LogP contribution in [0.5, 0.6) is 0 Å². The van der Waals surface area contributed by atoms with Gasteiger partial charge in [-0.25, -0.2) is 9.80 Å². The predicted molar refractivity (Wildman–Crippen MR) is 76.9 cm³/mol. The highest BCUT2D eigenvalue weighted by Gasteiger charge is 2.34. The van der Waals surface area contributed by atoms with E-state index in [-0.39, 0.29) is 43.5 Å². The largest absolute Gasteiger partial charge is 0.368 e. The van der Waals surface area contributed by atoms with Crippen molar-refractivity contribution in [1.29, 1.82) is 0 Å². The summed E-state index contributed by atoms with van der Waals surface area (Å²) < 4.78 is 0. The van der Waals surface area contributed by atoms with Gasteiger partial charge < -0.3 is 5.73 Å². The van der Waals surface area contributed by atoms with Crippen LogP contribution in [0.2, 0.25) is 0 Å². The number of nitrogen functional groups attached to an aromatic ring is 1. The van der Waals surface area contributed by atoms with Crippen molar-refractivity contribution < 1.29 is 19.2 Å². The van der Waals surface area contributed by atoms with Crippen LogP contribution in [0.25, 0.3) is 0 Å². The van der Waals surface area contributed by atoms with Crippen LogP contribution in [0, 0.1) is 0 Å². The van der Waals surface area contributed by atoms with Gasteiger partial charge in [0, 0.05) is 25.7 Å². The first-order valence-corrected chi connectivity index (χ1v) is 7.20. The van der Waals surface area contributed by atoms with Crippen molar-refractivity contribution in [3.05, 3.63) is 0 Å². The van der Waals surface area contributed by atoms with Gasteiger partial charge in [0.1, 0.15) is 0 Å². The molecule has 0 atom stereocenters. The number of aromatic nitrogens is 3. The molecule has 1 aromatic rings. The predicted octanol–water partition coefficient (Wildman–Crippen LogP) is -0.459. The summed E-state index contributed by atoms with van der Waals surface area (Å²) in [4.78, 5) is 61.0. The highest BCUT2D eigenvalue weighted by molar-refractivity contribution is 6.17. The molecule has 0 aromatic carbocycles. The van der Waals surface area contributed by atoms with E-state index in [9.17, 15) is 19.2 Å². The van der Waals surface area contributed by atoms with Crippen molar-refractivity contribution in [2.45, 2.75) is 38.5 Å². The average Bonchev–Trinajstić information content (AvgIpc) is 2.46. The maximum atomic E-state index is 11.9. The number of carbonyl (C=O) groups is 4. The van der Waals surface area contributed by atoms with Crippen LogP contribution in [0.15, 0.2) is 0 Å². The van der Waals surface area contributed by atoms with E-state index in [0.29, 0.717) is 12.8 Å². The molecule has 2 saturated heterocycles. The van der Waals surface area contributed by atoms with E-state index in [4.69, 9.17) is 5.73 Å². The third-order valence-corrected chi connectivity index (χ3v) is 3.59. The normalized spacial score (nSPS) is 19.5. The van der Waals surface area contributed by atoms with Gasteiger partial charge in [-0.1, -0.05) is 0 Å². The second kappa shape index (κ2) is 5.71. The molecule has 4 amide bonds. The number of imide groups is 2. The van der Waals surface area contributed by atoms with Gasteiger partial charge in [-0.15, -0.1) is 0 Å². The molecule has 2 aliphatic rings. The van der Waals surface area contributed by atoms with Crippen molar-refractivity contribution in [2.75, 3.05) is 15.5 Å². The fourth-order valence-electron chi connectivity index (χ4n) is 2.52. The Bertz CT molecular complexity index is 630. The van der Waals surface area contributed by atoms with Crippen LogP contribution in [-0.4, -0.2) is 38.6 Å². The zero-order valence-electron chi connectivity index (χ0n) is 12.2. The minimum Gasteiger partial charge on any atom is -0.368 e.